The monoisotopic (exact) mass is 517 g/mol. The Morgan fingerprint density at radius 2 is 2.07 bits per heavy atom. The number of aliphatic imine (C=N–C) groups is 1. The van der Waals surface area contributed by atoms with Crippen LogP contribution in [0.1, 0.15) is 54.1 Å². The van der Waals surface area contributed by atoms with Crippen molar-refractivity contribution in [2.45, 2.75) is 52.6 Å². The number of nitrogens with one attached hydrogen (secondary N) is 2. The van der Waals surface area contributed by atoms with Crippen molar-refractivity contribution < 1.29 is 4.42 Å². The van der Waals surface area contributed by atoms with E-state index in [4.69, 9.17) is 9.41 Å². The van der Waals surface area contributed by atoms with Gasteiger partial charge in [0.15, 0.2) is 5.96 Å². The van der Waals surface area contributed by atoms with Crippen molar-refractivity contribution in [2.24, 2.45) is 4.99 Å². The standard InChI is InChI=1S/C20H31N5OS.HI/c1-4-16-12-22-19(27-16)14-24-20(21-5-2)23-13-17(25-10-6-7-11-25)18-9-8-15(3)26-18;/h8-9,12,17H,4-7,10-11,13-14H2,1-3H3,(H2,21,23,24);1H. The van der Waals surface area contributed by atoms with Gasteiger partial charge in [-0.3, -0.25) is 4.90 Å². The number of hydrogen-bond acceptors (Lipinski definition) is 5. The number of guanidine groups is 1. The molecule has 0 saturated carbocycles. The molecule has 0 radical (unpaired) electrons. The van der Waals surface area contributed by atoms with E-state index in [1.54, 1.807) is 11.3 Å². The van der Waals surface area contributed by atoms with Crippen LogP contribution < -0.4 is 10.6 Å². The summed E-state index contributed by atoms with van der Waals surface area (Å²) >= 11 is 1.74. The molecule has 0 bridgehead atoms. The average molecular weight is 517 g/mol. The minimum absolute atomic E-state index is 0. The summed E-state index contributed by atoms with van der Waals surface area (Å²) in [6.45, 7) is 10.7. The summed E-state index contributed by atoms with van der Waals surface area (Å²) in [4.78, 5) is 13.0. The molecule has 6 nitrogen and oxygen atoms in total. The second-order valence-corrected chi connectivity index (χ2v) is 8.06. The number of likely N-dealkylation sites (tertiary alicyclic amines) is 1. The summed E-state index contributed by atoms with van der Waals surface area (Å²) in [6.07, 6.45) is 5.50. The summed E-state index contributed by atoms with van der Waals surface area (Å²) in [5, 5.41) is 7.91. The number of aromatic nitrogens is 1. The van der Waals surface area contributed by atoms with Crippen molar-refractivity contribution in [2.75, 3.05) is 26.2 Å². The Balaban J connectivity index is 0.00000280. The third-order valence-corrected chi connectivity index (χ3v) is 5.93. The van der Waals surface area contributed by atoms with Crippen LogP contribution in [0.15, 0.2) is 27.7 Å². The van der Waals surface area contributed by atoms with Gasteiger partial charge in [-0.05, 0) is 58.3 Å². The minimum Gasteiger partial charge on any atom is -0.465 e. The Hall–Kier alpha value is -1.13. The average Bonchev–Trinajstić information content (AvgIpc) is 3.42. The van der Waals surface area contributed by atoms with Gasteiger partial charge >= 0.3 is 0 Å². The molecule has 1 saturated heterocycles. The molecule has 1 atom stereocenters. The van der Waals surface area contributed by atoms with E-state index >= 15 is 0 Å². The van der Waals surface area contributed by atoms with E-state index in [-0.39, 0.29) is 30.0 Å². The topological polar surface area (TPSA) is 65.7 Å². The first-order chi connectivity index (χ1) is 13.2. The fourth-order valence-corrected chi connectivity index (χ4v) is 4.15. The molecule has 0 aromatic carbocycles. The maximum absolute atomic E-state index is 5.94. The molecule has 0 aliphatic carbocycles. The van der Waals surface area contributed by atoms with Gasteiger partial charge in [-0.15, -0.1) is 35.3 Å². The highest BCUT2D eigenvalue weighted by Gasteiger charge is 2.26. The summed E-state index contributed by atoms with van der Waals surface area (Å²) in [5.41, 5.74) is 0. The molecule has 0 spiro atoms. The van der Waals surface area contributed by atoms with Gasteiger partial charge in [0.25, 0.3) is 0 Å². The molecule has 8 heteroatoms. The molecular formula is C20H32IN5OS. The highest BCUT2D eigenvalue weighted by molar-refractivity contribution is 14.0. The summed E-state index contributed by atoms with van der Waals surface area (Å²) in [6, 6.07) is 4.38. The van der Waals surface area contributed by atoms with Crippen molar-refractivity contribution in [3.05, 3.63) is 39.7 Å². The summed E-state index contributed by atoms with van der Waals surface area (Å²) in [5.74, 6) is 2.83. The van der Waals surface area contributed by atoms with Gasteiger partial charge in [0.2, 0.25) is 0 Å². The smallest absolute Gasteiger partial charge is 0.191 e. The zero-order valence-corrected chi connectivity index (χ0v) is 20.2. The number of aryl methyl sites for hydroxylation is 2. The SMILES string of the molecule is CCNC(=NCc1ncc(CC)s1)NCC(c1ccc(C)o1)N1CCCC1.I. The summed E-state index contributed by atoms with van der Waals surface area (Å²) in [7, 11) is 0. The van der Waals surface area contributed by atoms with E-state index in [0.29, 0.717) is 6.54 Å². The van der Waals surface area contributed by atoms with Crippen molar-refractivity contribution in [1.29, 1.82) is 0 Å². The molecule has 3 rings (SSSR count). The lowest BCUT2D eigenvalue weighted by molar-refractivity contribution is 0.213. The zero-order chi connectivity index (χ0) is 19.1. The Morgan fingerprint density at radius 3 is 2.68 bits per heavy atom. The van der Waals surface area contributed by atoms with Crippen molar-refractivity contribution in [1.82, 2.24) is 20.5 Å². The first kappa shape index (κ1) is 23.2. The Morgan fingerprint density at radius 1 is 1.29 bits per heavy atom. The minimum atomic E-state index is 0. The largest absolute Gasteiger partial charge is 0.465 e. The normalized spacial score (nSPS) is 16.0. The highest BCUT2D eigenvalue weighted by Crippen LogP contribution is 2.26. The van der Waals surface area contributed by atoms with Gasteiger partial charge in [-0.25, -0.2) is 9.98 Å². The number of thiazole rings is 1. The molecule has 1 aliphatic heterocycles. The molecule has 1 unspecified atom stereocenters. The molecule has 3 heterocycles. The second kappa shape index (κ2) is 11.8. The van der Waals surface area contributed by atoms with Crippen molar-refractivity contribution in [3.8, 4) is 0 Å². The lowest BCUT2D eigenvalue weighted by atomic mass is 10.2. The van der Waals surface area contributed by atoms with Gasteiger partial charge < -0.3 is 15.1 Å². The molecule has 1 fully saturated rings. The number of halogens is 1. The van der Waals surface area contributed by atoms with Crippen LogP contribution in [0.25, 0.3) is 0 Å². The van der Waals surface area contributed by atoms with E-state index < -0.39 is 0 Å². The van der Waals surface area contributed by atoms with E-state index in [1.165, 1.54) is 17.7 Å². The number of rotatable bonds is 8. The number of nitrogens with zero attached hydrogens (tertiary/aromatic N) is 3. The maximum atomic E-state index is 5.94. The van der Waals surface area contributed by atoms with Crippen molar-refractivity contribution in [3.63, 3.8) is 0 Å². The molecular weight excluding hydrogens is 485 g/mol. The molecule has 2 aromatic heterocycles. The van der Waals surface area contributed by atoms with Crippen LogP contribution >= 0.6 is 35.3 Å². The predicted octanol–water partition coefficient (Wildman–Crippen LogP) is 4.12. The highest BCUT2D eigenvalue weighted by atomic mass is 127. The summed E-state index contributed by atoms with van der Waals surface area (Å²) < 4.78 is 5.94. The lowest BCUT2D eigenvalue weighted by Crippen LogP contribution is -2.42. The van der Waals surface area contributed by atoms with E-state index in [9.17, 15) is 0 Å². The number of hydrogen-bond donors (Lipinski definition) is 2. The first-order valence-corrected chi connectivity index (χ1v) is 10.8. The maximum Gasteiger partial charge on any atom is 0.191 e. The van der Waals surface area contributed by atoms with Gasteiger partial charge in [0.05, 0.1) is 12.6 Å². The Kier molecular flexibility index (Phi) is 9.73. The molecule has 2 aromatic rings. The van der Waals surface area contributed by atoms with Gasteiger partial charge in [-0.1, -0.05) is 6.92 Å². The lowest BCUT2D eigenvalue weighted by Gasteiger charge is -2.26. The third kappa shape index (κ3) is 6.45. The molecule has 156 valence electrons. The van der Waals surface area contributed by atoms with Crippen LogP contribution in [0.5, 0.6) is 0 Å². The van der Waals surface area contributed by atoms with Gasteiger partial charge in [-0.2, -0.15) is 0 Å². The van der Waals surface area contributed by atoms with Crippen LogP contribution in [0.4, 0.5) is 0 Å². The van der Waals surface area contributed by atoms with Crippen LogP contribution in [0.2, 0.25) is 0 Å². The fraction of sp³-hybridized carbons (Fsp3) is 0.600. The second-order valence-electron chi connectivity index (χ2n) is 6.86. The van der Waals surface area contributed by atoms with Gasteiger partial charge in [0, 0.05) is 24.2 Å². The van der Waals surface area contributed by atoms with E-state index in [2.05, 4.69) is 40.4 Å². The fourth-order valence-electron chi connectivity index (χ4n) is 3.36. The molecule has 0 amide bonds. The van der Waals surface area contributed by atoms with Crippen LogP contribution in [0, 0.1) is 6.92 Å². The zero-order valence-electron chi connectivity index (χ0n) is 17.0. The van der Waals surface area contributed by atoms with E-state index in [1.807, 2.05) is 19.2 Å². The van der Waals surface area contributed by atoms with Crippen LogP contribution in [-0.2, 0) is 13.0 Å². The number of furan rings is 1. The van der Waals surface area contributed by atoms with Crippen molar-refractivity contribution >= 4 is 41.3 Å². The Labute approximate surface area is 189 Å². The first-order valence-electron chi connectivity index (χ1n) is 9.95. The van der Waals surface area contributed by atoms with Crippen LogP contribution in [-0.4, -0.2) is 42.0 Å². The molecule has 1 aliphatic rings. The van der Waals surface area contributed by atoms with Crippen LogP contribution in [0.3, 0.4) is 0 Å². The molecule has 28 heavy (non-hydrogen) atoms. The van der Waals surface area contributed by atoms with E-state index in [0.717, 1.165) is 55.1 Å². The Bertz CT molecular complexity index is 739. The predicted molar refractivity (Wildman–Crippen MR) is 127 cm³/mol. The van der Waals surface area contributed by atoms with Gasteiger partial charge in [0.1, 0.15) is 16.5 Å². The third-order valence-electron chi connectivity index (χ3n) is 4.80. The quantitative estimate of drug-likeness (QED) is 0.314. The molecule has 2 N–H and O–H groups in total.